The van der Waals surface area contributed by atoms with E-state index < -0.39 is 16.1 Å². The third kappa shape index (κ3) is 5.52. The molecule has 2 aromatic rings. The van der Waals surface area contributed by atoms with Crippen LogP contribution in [0.4, 0.5) is 17.1 Å². The lowest BCUT2D eigenvalue weighted by molar-refractivity contribution is -0.116. The first-order chi connectivity index (χ1) is 15.2. The molecular weight excluding hydrogens is 428 g/mol. The Kier molecular flexibility index (Phi) is 7.63. The van der Waals surface area contributed by atoms with Gasteiger partial charge in [0.2, 0.25) is 15.9 Å². The Morgan fingerprint density at radius 2 is 1.66 bits per heavy atom. The monoisotopic (exact) mass is 460 g/mol. The molecule has 1 heterocycles. The van der Waals surface area contributed by atoms with Gasteiger partial charge < -0.3 is 20.3 Å². The highest BCUT2D eigenvalue weighted by Gasteiger charge is 2.23. The number of anilines is 3. The average Bonchev–Trinajstić information content (AvgIpc) is 2.80. The predicted octanol–water partition coefficient (Wildman–Crippen LogP) is 3.37. The summed E-state index contributed by atoms with van der Waals surface area (Å²) in [5, 5.41) is 5.98. The van der Waals surface area contributed by atoms with Gasteiger partial charge in [-0.15, -0.1) is 0 Å². The van der Waals surface area contributed by atoms with Crippen LogP contribution in [0.1, 0.15) is 26.2 Å². The summed E-state index contributed by atoms with van der Waals surface area (Å²) in [5.74, 6) is 0.0266. The molecule has 1 fully saturated rings. The number of ether oxygens (including phenoxy) is 1. The van der Waals surface area contributed by atoms with Crippen molar-refractivity contribution >= 4 is 33.0 Å². The molecule has 0 aliphatic carbocycles. The second kappa shape index (κ2) is 10.2. The van der Waals surface area contributed by atoms with Crippen LogP contribution in [-0.4, -0.2) is 59.0 Å². The third-order valence-electron chi connectivity index (χ3n) is 5.55. The van der Waals surface area contributed by atoms with E-state index in [2.05, 4.69) is 15.5 Å². The number of piperidine rings is 1. The van der Waals surface area contributed by atoms with Crippen LogP contribution >= 0.6 is 0 Å². The number of carbonyl (C=O) groups is 1. The summed E-state index contributed by atoms with van der Waals surface area (Å²) in [6.07, 6.45) is 3.71. The second-order valence-corrected chi connectivity index (χ2v) is 10.2. The summed E-state index contributed by atoms with van der Waals surface area (Å²) >= 11 is 0. The predicted molar refractivity (Wildman–Crippen MR) is 128 cm³/mol. The van der Waals surface area contributed by atoms with Crippen LogP contribution in [0.3, 0.4) is 0 Å². The van der Waals surface area contributed by atoms with Crippen molar-refractivity contribution in [3.05, 3.63) is 42.5 Å². The first kappa shape index (κ1) is 23.9. The highest BCUT2D eigenvalue weighted by molar-refractivity contribution is 7.89. The minimum absolute atomic E-state index is 0.0379. The number of rotatable bonds is 8. The van der Waals surface area contributed by atoms with Gasteiger partial charge in [0.1, 0.15) is 16.7 Å². The fraction of sp³-hybridized carbons (Fsp3) is 0.435. The number of sulfonamides is 1. The van der Waals surface area contributed by atoms with Gasteiger partial charge in [-0.2, -0.15) is 0 Å². The van der Waals surface area contributed by atoms with Gasteiger partial charge in [0.05, 0.1) is 7.11 Å². The molecule has 1 aliphatic rings. The van der Waals surface area contributed by atoms with Crippen LogP contribution < -0.4 is 20.3 Å². The highest BCUT2D eigenvalue weighted by atomic mass is 32.2. The topological polar surface area (TPSA) is 91.0 Å². The molecule has 1 amide bonds. The van der Waals surface area contributed by atoms with E-state index in [9.17, 15) is 13.2 Å². The van der Waals surface area contributed by atoms with Gasteiger partial charge in [-0.1, -0.05) is 0 Å². The molecule has 0 saturated carbocycles. The zero-order chi connectivity index (χ0) is 23.3. The van der Waals surface area contributed by atoms with E-state index in [4.69, 9.17) is 4.74 Å². The summed E-state index contributed by atoms with van der Waals surface area (Å²) in [7, 11) is 0.644. The molecule has 1 atom stereocenters. The maximum Gasteiger partial charge on any atom is 0.246 e. The standard InChI is InChI=1S/C23H32N4O4S/c1-17(24-19-10-13-21(31-4)22(16-19)32(29,30)26(2)3)23(28)25-18-8-11-20(12-9-18)27-14-6-5-7-15-27/h8-13,16-17,24H,5-7,14-15H2,1-4H3,(H,25,28). The van der Waals surface area contributed by atoms with Crippen molar-refractivity contribution in [2.45, 2.75) is 37.1 Å². The Balaban J connectivity index is 1.66. The van der Waals surface area contributed by atoms with E-state index in [1.807, 2.05) is 24.3 Å². The molecule has 2 aromatic carbocycles. The molecular formula is C23H32N4O4S. The van der Waals surface area contributed by atoms with Gasteiger partial charge >= 0.3 is 0 Å². The van der Waals surface area contributed by atoms with Crippen molar-refractivity contribution in [1.82, 2.24) is 4.31 Å². The van der Waals surface area contributed by atoms with Gasteiger partial charge in [-0.25, -0.2) is 12.7 Å². The molecule has 0 bridgehead atoms. The van der Waals surface area contributed by atoms with E-state index in [-0.39, 0.29) is 16.6 Å². The molecule has 1 unspecified atom stereocenters. The second-order valence-electron chi connectivity index (χ2n) is 8.10. The summed E-state index contributed by atoms with van der Waals surface area (Å²) < 4.78 is 31.5. The lowest BCUT2D eigenvalue weighted by Gasteiger charge is -2.28. The largest absolute Gasteiger partial charge is 0.495 e. The molecule has 8 nitrogen and oxygen atoms in total. The lowest BCUT2D eigenvalue weighted by atomic mass is 10.1. The third-order valence-corrected chi connectivity index (χ3v) is 7.39. The maximum absolute atomic E-state index is 12.7. The van der Waals surface area contributed by atoms with E-state index in [1.54, 1.807) is 19.1 Å². The fourth-order valence-corrected chi connectivity index (χ4v) is 4.71. The Morgan fingerprint density at radius 3 is 2.25 bits per heavy atom. The first-order valence-electron chi connectivity index (χ1n) is 10.8. The molecule has 0 aromatic heterocycles. The Bertz CT molecular complexity index is 1030. The van der Waals surface area contributed by atoms with Crippen LogP contribution in [0.25, 0.3) is 0 Å². The van der Waals surface area contributed by atoms with Gasteiger partial charge in [-0.3, -0.25) is 4.79 Å². The van der Waals surface area contributed by atoms with Gasteiger partial charge in [0, 0.05) is 44.2 Å². The van der Waals surface area contributed by atoms with Crippen LogP contribution in [0.5, 0.6) is 5.75 Å². The molecule has 174 valence electrons. The van der Waals surface area contributed by atoms with Crippen LogP contribution in [0.2, 0.25) is 0 Å². The summed E-state index contributed by atoms with van der Waals surface area (Å²) in [4.78, 5) is 15.1. The normalized spacial score (nSPS) is 15.3. The van der Waals surface area contributed by atoms with Crippen molar-refractivity contribution in [3.8, 4) is 5.75 Å². The SMILES string of the molecule is COc1ccc(NC(C)C(=O)Nc2ccc(N3CCCCC3)cc2)cc1S(=O)(=O)N(C)C. The molecule has 2 N–H and O–H groups in total. The molecule has 0 radical (unpaired) electrons. The zero-order valence-corrected chi connectivity index (χ0v) is 19.9. The number of nitrogens with zero attached hydrogens (tertiary/aromatic N) is 2. The highest BCUT2D eigenvalue weighted by Crippen LogP contribution is 2.29. The number of hydrogen-bond acceptors (Lipinski definition) is 6. The summed E-state index contributed by atoms with van der Waals surface area (Å²) in [6.45, 7) is 3.86. The van der Waals surface area contributed by atoms with Crippen molar-refractivity contribution in [1.29, 1.82) is 0 Å². The summed E-state index contributed by atoms with van der Waals surface area (Å²) in [6, 6.07) is 12.0. The molecule has 3 rings (SSSR count). The van der Waals surface area contributed by atoms with Crippen molar-refractivity contribution in [3.63, 3.8) is 0 Å². The van der Waals surface area contributed by atoms with Crippen molar-refractivity contribution in [2.24, 2.45) is 0 Å². The smallest absolute Gasteiger partial charge is 0.246 e. The Hall–Kier alpha value is -2.78. The Labute approximate surface area is 190 Å². The van der Waals surface area contributed by atoms with E-state index in [0.29, 0.717) is 5.69 Å². The van der Waals surface area contributed by atoms with E-state index >= 15 is 0 Å². The van der Waals surface area contributed by atoms with Gasteiger partial charge in [-0.05, 0) is 68.7 Å². The molecule has 0 spiro atoms. The number of hydrogen-bond donors (Lipinski definition) is 2. The average molecular weight is 461 g/mol. The number of benzene rings is 2. The van der Waals surface area contributed by atoms with Crippen molar-refractivity contribution < 1.29 is 17.9 Å². The molecule has 1 saturated heterocycles. The Morgan fingerprint density at radius 1 is 1.03 bits per heavy atom. The zero-order valence-electron chi connectivity index (χ0n) is 19.1. The maximum atomic E-state index is 12.7. The van der Waals surface area contributed by atoms with E-state index in [0.717, 1.165) is 23.1 Å². The molecule has 32 heavy (non-hydrogen) atoms. The number of amides is 1. The van der Waals surface area contributed by atoms with Crippen LogP contribution in [0.15, 0.2) is 47.4 Å². The molecule has 1 aliphatic heterocycles. The van der Waals surface area contributed by atoms with Gasteiger partial charge in [0.15, 0.2) is 0 Å². The molecule has 9 heteroatoms. The minimum atomic E-state index is -3.70. The van der Waals surface area contributed by atoms with Crippen molar-refractivity contribution in [2.75, 3.05) is 49.8 Å². The fourth-order valence-electron chi connectivity index (χ4n) is 3.64. The van der Waals surface area contributed by atoms with Crippen LogP contribution in [-0.2, 0) is 14.8 Å². The number of carbonyl (C=O) groups excluding carboxylic acids is 1. The van der Waals surface area contributed by atoms with Crippen LogP contribution in [0, 0.1) is 0 Å². The quantitative estimate of drug-likeness (QED) is 0.628. The lowest BCUT2D eigenvalue weighted by Crippen LogP contribution is -2.32. The number of nitrogens with one attached hydrogen (secondary N) is 2. The van der Waals surface area contributed by atoms with Gasteiger partial charge in [0.25, 0.3) is 0 Å². The first-order valence-corrected chi connectivity index (χ1v) is 12.2. The number of methoxy groups -OCH3 is 1. The minimum Gasteiger partial charge on any atom is -0.495 e. The summed E-state index contributed by atoms with van der Waals surface area (Å²) in [5.41, 5.74) is 2.39. The van der Waals surface area contributed by atoms with E-state index in [1.165, 1.54) is 52.2 Å².